The van der Waals surface area contributed by atoms with Crippen molar-refractivity contribution in [1.29, 1.82) is 0 Å². The largest absolute Gasteiger partial charge is 1.00 e. The molecule has 0 bridgehead atoms. The number of fused-ring (bicyclic) bond motifs is 1. The van der Waals surface area contributed by atoms with E-state index in [4.69, 9.17) is 4.42 Å². The van der Waals surface area contributed by atoms with Crippen molar-refractivity contribution in [2.24, 2.45) is 0 Å². The summed E-state index contributed by atoms with van der Waals surface area (Å²) in [7, 11) is 0. The molecule has 0 spiro atoms. The zero-order chi connectivity index (χ0) is 18.3. The third-order valence-electron chi connectivity index (χ3n) is 4.21. The molecule has 1 N–H and O–H groups in total. The van der Waals surface area contributed by atoms with Crippen LogP contribution in [-0.2, 0) is 20.8 Å². The number of carboxylic acids is 1. The number of thioether (sulfide) groups is 1. The molecular formula is C17H13N2NaO5S2. The van der Waals surface area contributed by atoms with Crippen molar-refractivity contribution >= 4 is 46.5 Å². The molecule has 7 nitrogen and oxygen atoms in total. The van der Waals surface area contributed by atoms with Crippen LogP contribution in [0.4, 0.5) is 0 Å². The first-order valence-electron chi connectivity index (χ1n) is 7.81. The fourth-order valence-electron chi connectivity index (χ4n) is 3.04. The van der Waals surface area contributed by atoms with Crippen molar-refractivity contribution < 1.29 is 53.5 Å². The summed E-state index contributed by atoms with van der Waals surface area (Å²) in [5.74, 6) is -1.40. The van der Waals surface area contributed by atoms with Gasteiger partial charge in [-0.2, -0.15) is 0 Å². The molecule has 2 aliphatic rings. The Balaban J connectivity index is 0.00000210. The van der Waals surface area contributed by atoms with Crippen molar-refractivity contribution in [3.8, 4) is 0 Å². The summed E-state index contributed by atoms with van der Waals surface area (Å²) in [5, 5.41) is 15.8. The number of carboxylic acid groups (broad SMARTS) is 1. The van der Waals surface area contributed by atoms with Crippen LogP contribution in [0.1, 0.15) is 10.6 Å². The molecule has 0 saturated carbocycles. The Morgan fingerprint density at radius 2 is 2.15 bits per heavy atom. The molecule has 4 rings (SSSR count). The van der Waals surface area contributed by atoms with Gasteiger partial charge in [0.2, 0.25) is 5.91 Å². The van der Waals surface area contributed by atoms with E-state index in [0.717, 1.165) is 4.88 Å². The molecule has 2 atom stereocenters. The van der Waals surface area contributed by atoms with Gasteiger partial charge in [0.05, 0.1) is 24.4 Å². The fraction of sp³-hybridized carbons (Fsp3) is 0.235. The van der Waals surface area contributed by atoms with Gasteiger partial charge in [0.15, 0.2) is 0 Å². The third-order valence-corrected chi connectivity index (χ3v) is 6.37. The molecule has 27 heavy (non-hydrogen) atoms. The molecule has 10 heteroatoms. The van der Waals surface area contributed by atoms with Crippen molar-refractivity contribution in [1.82, 2.24) is 10.2 Å². The standard InChI is InChI=1S/C17H14N2O5S2.Na/c20-12(7-9-3-2-6-25-9)18-13-15(21)19-14(17(22)23)10(8-26-16(13)19)11-4-1-5-24-11;/h1-6,13,16H,7-8H2,(H,18,20)(H,22,23);/q;+1/p-1/t13-,16+;/m1./s1. The van der Waals surface area contributed by atoms with Gasteiger partial charge in [-0.3, -0.25) is 14.5 Å². The Morgan fingerprint density at radius 1 is 1.33 bits per heavy atom. The topological polar surface area (TPSA) is 103 Å². The van der Waals surface area contributed by atoms with E-state index in [0.29, 0.717) is 17.1 Å². The van der Waals surface area contributed by atoms with Gasteiger partial charge in [-0.1, -0.05) is 6.07 Å². The Morgan fingerprint density at radius 3 is 2.78 bits per heavy atom. The summed E-state index contributed by atoms with van der Waals surface area (Å²) >= 11 is 2.85. The van der Waals surface area contributed by atoms with E-state index < -0.39 is 23.3 Å². The monoisotopic (exact) mass is 412 g/mol. The van der Waals surface area contributed by atoms with Gasteiger partial charge in [0.25, 0.3) is 5.91 Å². The number of amides is 2. The van der Waals surface area contributed by atoms with Gasteiger partial charge in [-0.05, 0) is 23.6 Å². The van der Waals surface area contributed by atoms with Crippen LogP contribution in [0.5, 0.6) is 0 Å². The summed E-state index contributed by atoms with van der Waals surface area (Å²) in [6.45, 7) is 0. The minimum Gasteiger partial charge on any atom is -0.543 e. The molecule has 0 aromatic carbocycles. The molecule has 2 aromatic heterocycles. The Hall–Kier alpha value is -1.52. The smallest absolute Gasteiger partial charge is 0.543 e. The van der Waals surface area contributed by atoms with Crippen LogP contribution >= 0.6 is 23.1 Å². The molecule has 0 radical (unpaired) electrons. The number of hydrogen-bond acceptors (Lipinski definition) is 7. The molecule has 1 fully saturated rings. The molecule has 2 aliphatic heterocycles. The van der Waals surface area contributed by atoms with Crippen molar-refractivity contribution in [2.45, 2.75) is 17.8 Å². The average molecular weight is 412 g/mol. The Bertz CT molecular complexity index is 895. The number of hydrogen-bond donors (Lipinski definition) is 1. The summed E-state index contributed by atoms with van der Waals surface area (Å²) < 4.78 is 5.28. The van der Waals surface area contributed by atoms with Gasteiger partial charge < -0.3 is 19.6 Å². The van der Waals surface area contributed by atoms with E-state index in [2.05, 4.69) is 5.32 Å². The molecule has 2 amide bonds. The van der Waals surface area contributed by atoms with Crippen LogP contribution in [0.2, 0.25) is 0 Å². The number of aliphatic carboxylic acids is 1. The van der Waals surface area contributed by atoms with Crippen molar-refractivity contribution in [2.75, 3.05) is 5.75 Å². The predicted octanol–water partition coefficient (Wildman–Crippen LogP) is -2.55. The summed E-state index contributed by atoms with van der Waals surface area (Å²) in [4.78, 5) is 38.4. The van der Waals surface area contributed by atoms with E-state index in [-0.39, 0.29) is 47.6 Å². The normalized spacial score (nSPS) is 21.2. The van der Waals surface area contributed by atoms with Crippen LogP contribution in [0, 0.1) is 0 Å². The number of thiophene rings is 1. The Kier molecular flexibility index (Phi) is 6.17. The molecule has 0 aliphatic carbocycles. The van der Waals surface area contributed by atoms with E-state index in [1.807, 2.05) is 17.5 Å². The van der Waals surface area contributed by atoms with Crippen LogP contribution < -0.4 is 40.0 Å². The number of nitrogens with zero attached hydrogens (tertiary/aromatic N) is 1. The first kappa shape index (κ1) is 20.2. The van der Waals surface area contributed by atoms with Crippen LogP contribution in [0.15, 0.2) is 46.0 Å². The number of carbonyl (C=O) groups is 3. The van der Waals surface area contributed by atoms with Crippen LogP contribution in [-0.4, -0.2) is 39.9 Å². The second-order valence-electron chi connectivity index (χ2n) is 5.80. The molecule has 4 heterocycles. The number of carbonyl (C=O) groups excluding carboxylic acids is 3. The predicted molar refractivity (Wildman–Crippen MR) is 93.7 cm³/mol. The number of β-lactam (4-membered cyclic amide) rings is 1. The maximum Gasteiger partial charge on any atom is 1.00 e. The van der Waals surface area contributed by atoms with Crippen molar-refractivity contribution in [3.05, 3.63) is 52.2 Å². The van der Waals surface area contributed by atoms with Gasteiger partial charge >= 0.3 is 29.6 Å². The maximum absolute atomic E-state index is 12.5. The fourth-order valence-corrected chi connectivity index (χ4v) is 5.10. The average Bonchev–Trinajstić information content (AvgIpc) is 3.32. The minimum absolute atomic E-state index is 0. The molecule has 0 unspecified atom stereocenters. The molecule has 1 saturated heterocycles. The molecular weight excluding hydrogens is 399 g/mol. The summed E-state index contributed by atoms with van der Waals surface area (Å²) in [5.41, 5.74) is 0.227. The first-order chi connectivity index (χ1) is 12.6. The van der Waals surface area contributed by atoms with E-state index in [9.17, 15) is 19.5 Å². The van der Waals surface area contributed by atoms with E-state index in [1.54, 1.807) is 12.1 Å². The molecule has 134 valence electrons. The zero-order valence-corrected chi connectivity index (χ0v) is 18.0. The quantitative estimate of drug-likeness (QED) is 0.429. The van der Waals surface area contributed by atoms with Gasteiger partial charge in [-0.25, -0.2) is 0 Å². The van der Waals surface area contributed by atoms with Crippen LogP contribution in [0.3, 0.4) is 0 Å². The summed E-state index contributed by atoms with van der Waals surface area (Å²) in [6.07, 6.45) is 1.64. The second kappa shape index (κ2) is 8.24. The zero-order valence-electron chi connectivity index (χ0n) is 14.3. The first-order valence-corrected chi connectivity index (χ1v) is 9.74. The number of furan rings is 1. The minimum atomic E-state index is -1.43. The van der Waals surface area contributed by atoms with Gasteiger partial charge in [0.1, 0.15) is 17.2 Å². The van der Waals surface area contributed by atoms with E-state index >= 15 is 0 Å². The SMILES string of the molecule is O=C(Cc1cccs1)N[C@@H]1C(=O)N2C(C(=O)[O-])=C(c3ccco3)CS[C@@H]12.[Na+]. The van der Waals surface area contributed by atoms with Crippen molar-refractivity contribution in [3.63, 3.8) is 0 Å². The van der Waals surface area contributed by atoms with Gasteiger partial charge in [0, 0.05) is 16.2 Å². The van der Waals surface area contributed by atoms with E-state index in [1.165, 1.54) is 34.3 Å². The Labute approximate surface area is 185 Å². The summed E-state index contributed by atoms with van der Waals surface area (Å²) in [6, 6.07) is 6.26. The van der Waals surface area contributed by atoms with Crippen LogP contribution in [0.25, 0.3) is 5.57 Å². The second-order valence-corrected chi connectivity index (χ2v) is 7.94. The molecule has 2 aromatic rings. The maximum atomic E-state index is 12.5. The number of nitrogens with one attached hydrogen (secondary N) is 1. The third kappa shape index (κ3) is 3.74. The van der Waals surface area contributed by atoms with Gasteiger partial charge in [-0.15, -0.1) is 23.1 Å². The number of rotatable bonds is 5.